The van der Waals surface area contributed by atoms with Gasteiger partial charge in [-0.3, -0.25) is 10.1 Å². The smallest absolute Gasteiger partial charge is 0.232 e. The zero-order valence-electron chi connectivity index (χ0n) is 6.59. The Kier molecular flexibility index (Phi) is 2.55. The van der Waals surface area contributed by atoms with E-state index < -0.39 is 23.1 Å². The average Bonchev–Trinajstić information content (AvgIpc) is 2.05. The molecular weight excluding hydrogens is 180 g/mol. The molecule has 0 amide bonds. The first-order valence-electron chi connectivity index (χ1n) is 3.43. The Hall–Kier alpha value is -1.52. The number of nitro groups is 1. The molecule has 0 saturated heterocycles. The number of nitrogens with zero attached hydrogens (tertiary/aromatic N) is 1. The molecule has 69 valence electrons. The lowest BCUT2D eigenvalue weighted by Gasteiger charge is -2.02. The maximum atomic E-state index is 12.9. The Morgan fingerprint density at radius 1 is 1.46 bits per heavy atom. The summed E-state index contributed by atoms with van der Waals surface area (Å²) in [5, 5.41) is 10.1. The van der Waals surface area contributed by atoms with Crippen molar-refractivity contribution >= 4 is 0 Å². The van der Waals surface area contributed by atoms with Crippen LogP contribution in [0.1, 0.15) is 11.1 Å². The molecule has 3 nitrogen and oxygen atoms in total. The average molecular weight is 186 g/mol. The van der Waals surface area contributed by atoms with Crippen LogP contribution in [0.15, 0.2) is 12.1 Å². The Labute approximate surface area is 73.1 Å². The Balaban J connectivity index is 3.17. The molecule has 13 heavy (non-hydrogen) atoms. The Morgan fingerprint density at radius 2 is 2.08 bits per heavy atom. The summed E-state index contributed by atoms with van der Waals surface area (Å²) in [4.78, 5) is 9.34. The van der Waals surface area contributed by atoms with E-state index in [9.17, 15) is 18.9 Å². The highest BCUT2D eigenvalue weighted by atomic mass is 19.2. The lowest BCUT2D eigenvalue weighted by Crippen LogP contribution is -2.05. The quantitative estimate of drug-likeness (QED) is 0.523. The third kappa shape index (κ3) is 1.99. The van der Waals surface area contributed by atoms with Gasteiger partial charge in [-0.2, -0.15) is 0 Å². The van der Waals surface area contributed by atoms with E-state index in [0.29, 0.717) is 0 Å². The van der Waals surface area contributed by atoms with Crippen LogP contribution in [0.5, 0.6) is 0 Å². The van der Waals surface area contributed by atoms with Crippen LogP contribution in [-0.4, -0.2) is 4.92 Å². The fourth-order valence-corrected chi connectivity index (χ4v) is 0.933. The number of hydrogen-bond donors (Lipinski definition) is 0. The zero-order chi connectivity index (χ0) is 10.0. The van der Waals surface area contributed by atoms with Gasteiger partial charge in [-0.05, 0) is 18.6 Å². The third-order valence-corrected chi connectivity index (χ3v) is 1.58. The first-order valence-corrected chi connectivity index (χ1v) is 3.43. The molecule has 5 heteroatoms. The fourth-order valence-electron chi connectivity index (χ4n) is 0.933. The molecule has 1 aromatic carbocycles. The standard InChI is InChI=1S/C8H6F2NO2/c1-5-2-3-7(9)8(10)6(5)4-11(12)13/h2-3H,1,4H2. The van der Waals surface area contributed by atoms with Crippen LogP contribution < -0.4 is 0 Å². The first kappa shape index (κ1) is 9.57. The highest BCUT2D eigenvalue weighted by molar-refractivity contribution is 5.30. The van der Waals surface area contributed by atoms with Crippen molar-refractivity contribution in [2.24, 2.45) is 0 Å². The molecule has 0 spiro atoms. The Bertz CT molecular complexity index is 352. The van der Waals surface area contributed by atoms with Gasteiger partial charge < -0.3 is 0 Å². The van der Waals surface area contributed by atoms with Crippen molar-refractivity contribution in [3.63, 3.8) is 0 Å². The first-order chi connectivity index (χ1) is 6.02. The van der Waals surface area contributed by atoms with Gasteiger partial charge in [0.2, 0.25) is 6.54 Å². The molecule has 0 N–H and O–H groups in total. The van der Waals surface area contributed by atoms with Crippen molar-refractivity contribution < 1.29 is 13.7 Å². The summed E-state index contributed by atoms with van der Waals surface area (Å²) in [6.45, 7) is 2.62. The SMILES string of the molecule is [CH2]c1ccc(F)c(F)c1C[N+](=O)[O-]. The van der Waals surface area contributed by atoms with Crippen molar-refractivity contribution in [3.8, 4) is 0 Å². The van der Waals surface area contributed by atoms with Crippen LogP contribution in [0, 0.1) is 28.7 Å². The van der Waals surface area contributed by atoms with E-state index in [4.69, 9.17) is 0 Å². The van der Waals surface area contributed by atoms with Gasteiger partial charge in [-0.25, -0.2) is 8.78 Å². The monoisotopic (exact) mass is 186 g/mol. The predicted octanol–water partition coefficient (Wildman–Crippen LogP) is 1.92. The second kappa shape index (κ2) is 3.47. The highest BCUT2D eigenvalue weighted by Crippen LogP contribution is 2.16. The van der Waals surface area contributed by atoms with Gasteiger partial charge in [0.15, 0.2) is 11.6 Å². The minimum atomic E-state index is -1.19. The van der Waals surface area contributed by atoms with Crippen molar-refractivity contribution in [2.75, 3.05) is 0 Å². The van der Waals surface area contributed by atoms with Crippen LogP contribution >= 0.6 is 0 Å². The second-order valence-corrected chi connectivity index (χ2v) is 2.49. The van der Waals surface area contributed by atoms with Gasteiger partial charge in [-0.15, -0.1) is 0 Å². The molecule has 1 radical (unpaired) electrons. The minimum absolute atomic E-state index is 0.135. The molecule has 0 aliphatic carbocycles. The maximum Gasteiger partial charge on any atom is 0.232 e. The maximum absolute atomic E-state index is 12.9. The Morgan fingerprint density at radius 3 is 2.62 bits per heavy atom. The lowest BCUT2D eigenvalue weighted by molar-refractivity contribution is -0.497. The van der Waals surface area contributed by atoms with Crippen molar-refractivity contribution in [1.29, 1.82) is 0 Å². The molecule has 0 bridgehead atoms. The lowest BCUT2D eigenvalue weighted by atomic mass is 10.1. The van der Waals surface area contributed by atoms with E-state index in [-0.39, 0.29) is 11.1 Å². The number of hydrogen-bond acceptors (Lipinski definition) is 2. The highest BCUT2D eigenvalue weighted by Gasteiger charge is 2.15. The van der Waals surface area contributed by atoms with Gasteiger partial charge in [0, 0.05) is 4.92 Å². The number of rotatable bonds is 2. The normalized spacial score (nSPS) is 10.1. The van der Waals surface area contributed by atoms with Gasteiger partial charge in [0.25, 0.3) is 0 Å². The largest absolute Gasteiger partial charge is 0.264 e. The van der Waals surface area contributed by atoms with Crippen LogP contribution in [0.4, 0.5) is 8.78 Å². The predicted molar refractivity (Wildman–Crippen MR) is 41.5 cm³/mol. The van der Waals surface area contributed by atoms with Crippen LogP contribution in [0.3, 0.4) is 0 Å². The number of halogens is 2. The molecule has 1 rings (SSSR count). The van der Waals surface area contributed by atoms with Crippen LogP contribution in [0.2, 0.25) is 0 Å². The van der Waals surface area contributed by atoms with E-state index in [1.54, 1.807) is 0 Å². The van der Waals surface area contributed by atoms with Crippen molar-refractivity contribution in [1.82, 2.24) is 0 Å². The molecule has 0 fully saturated rings. The minimum Gasteiger partial charge on any atom is -0.264 e. The molecule has 1 aromatic rings. The van der Waals surface area contributed by atoms with E-state index in [1.165, 1.54) is 6.07 Å². The van der Waals surface area contributed by atoms with Crippen LogP contribution in [-0.2, 0) is 6.54 Å². The summed E-state index contributed by atoms with van der Waals surface area (Å²) in [6, 6.07) is 2.10. The molecule has 0 aliphatic heterocycles. The molecule has 0 aliphatic rings. The van der Waals surface area contributed by atoms with Crippen molar-refractivity contribution in [2.45, 2.75) is 6.54 Å². The van der Waals surface area contributed by atoms with Gasteiger partial charge >= 0.3 is 0 Å². The topological polar surface area (TPSA) is 43.1 Å². The van der Waals surface area contributed by atoms with E-state index >= 15 is 0 Å². The summed E-state index contributed by atoms with van der Waals surface area (Å²) in [7, 11) is 0. The van der Waals surface area contributed by atoms with Gasteiger partial charge in [0.05, 0.1) is 5.56 Å². The molecule has 0 saturated carbocycles. The number of benzene rings is 1. The summed E-state index contributed by atoms with van der Waals surface area (Å²) >= 11 is 0. The molecular formula is C8H6F2NO2. The molecule has 0 unspecified atom stereocenters. The molecule has 0 aromatic heterocycles. The molecule has 0 heterocycles. The summed E-state index contributed by atoms with van der Waals surface area (Å²) in [5.41, 5.74) is -0.166. The van der Waals surface area contributed by atoms with E-state index in [0.717, 1.165) is 6.07 Å². The summed E-state index contributed by atoms with van der Waals surface area (Å²) in [5.74, 6) is -2.28. The van der Waals surface area contributed by atoms with Crippen molar-refractivity contribution in [3.05, 3.63) is 51.9 Å². The summed E-state index contributed by atoms with van der Waals surface area (Å²) in [6.07, 6.45) is 0. The second-order valence-electron chi connectivity index (χ2n) is 2.49. The third-order valence-electron chi connectivity index (χ3n) is 1.58. The van der Waals surface area contributed by atoms with Crippen LogP contribution in [0.25, 0.3) is 0 Å². The zero-order valence-corrected chi connectivity index (χ0v) is 6.59. The van der Waals surface area contributed by atoms with Gasteiger partial charge in [0.1, 0.15) is 0 Å². The summed E-state index contributed by atoms with van der Waals surface area (Å²) < 4.78 is 25.5. The molecule has 0 atom stereocenters. The van der Waals surface area contributed by atoms with Gasteiger partial charge in [-0.1, -0.05) is 6.07 Å². The van der Waals surface area contributed by atoms with E-state index in [1.807, 2.05) is 0 Å². The van der Waals surface area contributed by atoms with E-state index in [2.05, 4.69) is 6.92 Å². The fraction of sp³-hybridized carbons (Fsp3) is 0.125.